The topological polar surface area (TPSA) is 69.2 Å². The summed E-state index contributed by atoms with van der Waals surface area (Å²) in [4.78, 5) is 0. The van der Waals surface area contributed by atoms with Crippen LogP contribution in [0.2, 0.25) is 0 Å². The van der Waals surface area contributed by atoms with Gasteiger partial charge in [-0.2, -0.15) is 0 Å². The van der Waals surface area contributed by atoms with E-state index >= 15 is 0 Å². The quantitative estimate of drug-likeness (QED) is 0.465. The van der Waals surface area contributed by atoms with Crippen molar-refractivity contribution in [2.24, 2.45) is 0 Å². The van der Waals surface area contributed by atoms with E-state index in [1.54, 1.807) is 0 Å². The first-order chi connectivity index (χ1) is 1.73. The van der Waals surface area contributed by atoms with Gasteiger partial charge in [0.1, 0.15) is 0 Å². The predicted molar refractivity (Wildman–Crippen MR) is 0 cm³/mol. The molecule has 0 unspecified atom stereocenters. The van der Waals surface area contributed by atoms with Crippen LogP contribution in [0.15, 0.2) is 0 Å². The monoisotopic (exact) mass is 306 g/mol. The average Bonchev–Trinajstić information content (AvgIpc) is 0.811. The van der Waals surface area contributed by atoms with Crippen LogP contribution in [-0.2, 0) is 0 Å². The van der Waals surface area contributed by atoms with Gasteiger partial charge in [-0.1, -0.05) is 0 Å². The molecule has 0 rings (SSSR count). The van der Waals surface area contributed by atoms with Crippen molar-refractivity contribution in [3.8, 4) is 0 Å². The van der Waals surface area contributed by atoms with Gasteiger partial charge in [0.2, 0.25) is 0 Å². The van der Waals surface area contributed by atoms with Crippen molar-refractivity contribution in [2.75, 3.05) is 0 Å². The number of hydrogen-bond acceptors (Lipinski definition) is 3. The van der Waals surface area contributed by atoms with Crippen LogP contribution in [0.25, 0.3) is 0 Å². The second-order valence-corrected chi connectivity index (χ2v) is 0.567. The summed E-state index contributed by atoms with van der Waals surface area (Å²) in [6, 6.07) is 0. The molecule has 3 nitrogen and oxygen atoms in total. The first-order valence-corrected chi connectivity index (χ1v) is 1.39. The Labute approximate surface area is 73.4 Å². The minimum atomic E-state index is -2.85. The van der Waals surface area contributed by atoms with Crippen molar-refractivity contribution in [3.63, 3.8) is 0 Å². The van der Waals surface area contributed by atoms with E-state index in [0.29, 0.717) is 0 Å². The van der Waals surface area contributed by atoms with E-state index in [2.05, 4.69) is 0 Å². The molecule has 0 aliphatic heterocycles. The summed E-state index contributed by atoms with van der Waals surface area (Å²) in [5.41, 5.74) is 0. The molecule has 5 heavy (non-hydrogen) atoms. The fourth-order valence-corrected chi connectivity index (χ4v) is 0. The molecule has 0 spiro atoms. The Morgan fingerprint density at radius 2 is 1.00 bits per heavy atom. The van der Waals surface area contributed by atoms with Gasteiger partial charge in [0, 0.05) is 0 Å². The molecule has 5 heteroatoms. The minimum absolute atomic E-state index is 0. The molecule has 0 aliphatic carbocycles. The first-order valence-electron chi connectivity index (χ1n) is 0.463. The molecule has 0 fully saturated rings. The number of halogens is 1. The van der Waals surface area contributed by atoms with Crippen LogP contribution >= 0.6 is 0 Å². The van der Waals surface area contributed by atoms with Gasteiger partial charge in [0.05, 0.1) is 10.8 Å². The second-order valence-electron chi connectivity index (χ2n) is 0.189. The molecule has 0 saturated carbocycles. The normalized spacial score (nSPS) is 7.20. The fraction of sp³-hybridized carbons (Fsp3) is 0. The summed E-state index contributed by atoms with van der Waals surface area (Å²) in [6.07, 6.45) is 0. The summed E-state index contributed by atoms with van der Waals surface area (Å²) in [7, 11) is -2.85. The molecule has 0 atom stereocenters. The first kappa shape index (κ1) is 9.90. The van der Waals surface area contributed by atoms with Crippen molar-refractivity contribution in [2.45, 2.75) is 0 Å². The zero-order valence-corrected chi connectivity index (χ0v) is 11.6. The Morgan fingerprint density at radius 1 is 1.00 bits per heavy atom. The van der Waals surface area contributed by atoms with Crippen molar-refractivity contribution in [1.29, 1.82) is 0 Å². The average molecular weight is 306 g/mol. The Kier molecular flexibility index (Phi) is 11.4. The Balaban J connectivity index is 0. The van der Waals surface area contributed by atoms with Crippen LogP contribution in [0.5, 0.6) is 0 Å². The van der Waals surface area contributed by atoms with Gasteiger partial charge in [0.25, 0.3) is 0 Å². The summed E-state index contributed by atoms with van der Waals surface area (Å²) < 4.78 is 25.2. The van der Waals surface area contributed by atoms with Crippen LogP contribution in [0.3, 0.4) is 0 Å². The molecule has 0 heterocycles. The molecule has 0 radical (unpaired) electrons. The van der Waals surface area contributed by atoms with Gasteiger partial charge < -0.3 is 14.0 Å². The maximum absolute atomic E-state index is 8.41. The van der Waals surface area contributed by atoms with Gasteiger partial charge in [-0.15, -0.1) is 0 Å². The molecule has 0 N–H and O–H groups in total. The second kappa shape index (κ2) is 5.77. The van der Waals surface area contributed by atoms with Crippen molar-refractivity contribution < 1.29 is 74.6 Å². The molecule has 26 valence electrons. The van der Waals surface area contributed by atoms with Crippen molar-refractivity contribution in [1.82, 2.24) is 0 Å². The third-order valence-corrected chi connectivity index (χ3v) is 0. The van der Waals surface area contributed by atoms with E-state index in [1.807, 2.05) is 0 Å². The maximum atomic E-state index is 8.41. The van der Waals surface area contributed by atoms with E-state index in [-0.39, 0.29) is 49.9 Å². The Bertz CT molecular complexity index is 11.6. The summed E-state index contributed by atoms with van der Waals surface area (Å²) in [5, 5.41) is 0. The van der Waals surface area contributed by atoms with Gasteiger partial charge >= 0.3 is 49.9 Å². The standard InChI is InChI=1S/ClO3.Fr/c2-1(3)4;/q-1;+1. The summed E-state index contributed by atoms with van der Waals surface area (Å²) >= 11 is 0. The van der Waals surface area contributed by atoms with Crippen LogP contribution in [0.4, 0.5) is 0 Å². The van der Waals surface area contributed by atoms with Crippen molar-refractivity contribution >= 4 is 0 Å². The molecular weight excluding hydrogens is 306 g/mol. The third kappa shape index (κ3) is 26.2. The zero-order chi connectivity index (χ0) is 3.58. The molecule has 0 bridgehead atoms. The van der Waals surface area contributed by atoms with E-state index in [1.165, 1.54) is 0 Å². The molecular formula is ClFrO3. The van der Waals surface area contributed by atoms with Crippen LogP contribution in [-0.4, -0.2) is 0 Å². The van der Waals surface area contributed by atoms with Gasteiger partial charge in [-0.25, -0.2) is 0 Å². The molecule has 0 aromatic rings. The van der Waals surface area contributed by atoms with E-state index in [4.69, 9.17) is 14.0 Å². The van der Waals surface area contributed by atoms with Crippen LogP contribution in [0.1, 0.15) is 0 Å². The smallest absolute Gasteiger partial charge is 0.357 e. The SMILES string of the molecule is [Fr+].[O-][Cl+2]([O-])[O-]. The molecule has 0 saturated heterocycles. The largest absolute Gasteiger partial charge is 1.00 e. The number of hydrogen-bond donors (Lipinski definition) is 0. The zero-order valence-electron chi connectivity index (χ0n) is 2.60. The third-order valence-electron chi connectivity index (χ3n) is 0. The van der Waals surface area contributed by atoms with Crippen LogP contribution in [0, 0.1) is 60.7 Å². The molecule has 0 aromatic carbocycles. The summed E-state index contributed by atoms with van der Waals surface area (Å²) in [5.74, 6) is 0. The summed E-state index contributed by atoms with van der Waals surface area (Å²) in [6.45, 7) is 0. The van der Waals surface area contributed by atoms with Crippen molar-refractivity contribution in [3.05, 3.63) is 0 Å². The molecule has 0 amide bonds. The maximum Gasteiger partial charge on any atom is 1.00 e. The van der Waals surface area contributed by atoms with Crippen LogP contribution < -0.4 is 14.0 Å². The van der Waals surface area contributed by atoms with Gasteiger partial charge in [0.15, 0.2) is 0 Å². The van der Waals surface area contributed by atoms with E-state index in [0.717, 1.165) is 0 Å². The Hall–Kier alpha value is 1.77. The molecule has 0 aromatic heterocycles. The molecule has 0 aliphatic rings. The number of rotatable bonds is 0. The predicted octanol–water partition coefficient (Wildman–Crippen LogP) is -3.57. The van der Waals surface area contributed by atoms with Gasteiger partial charge in [-0.05, 0) is 0 Å². The fourth-order valence-electron chi connectivity index (χ4n) is 0. The van der Waals surface area contributed by atoms with E-state index < -0.39 is 10.8 Å². The van der Waals surface area contributed by atoms with Gasteiger partial charge in [-0.3, -0.25) is 0 Å². The minimum Gasteiger partial charge on any atom is -0.357 e. The Morgan fingerprint density at radius 3 is 1.00 bits per heavy atom. The van der Waals surface area contributed by atoms with E-state index in [9.17, 15) is 0 Å².